The van der Waals surface area contributed by atoms with Crippen LogP contribution in [0.3, 0.4) is 0 Å². The highest BCUT2D eigenvalue weighted by atomic mass is 32.2. The van der Waals surface area contributed by atoms with Crippen LogP contribution in [0.1, 0.15) is 18.4 Å². The van der Waals surface area contributed by atoms with Crippen LogP contribution >= 0.6 is 0 Å². The first-order valence-electron chi connectivity index (χ1n) is 6.41. The summed E-state index contributed by atoms with van der Waals surface area (Å²) in [4.78, 5) is 0. The fourth-order valence-corrected chi connectivity index (χ4v) is 3.18. The van der Waals surface area contributed by atoms with E-state index in [9.17, 15) is 8.42 Å². The fourth-order valence-electron chi connectivity index (χ4n) is 2.31. The lowest BCUT2D eigenvalue weighted by Crippen LogP contribution is -2.41. The van der Waals surface area contributed by atoms with Gasteiger partial charge in [0.05, 0.1) is 11.8 Å². The molecule has 3 N–H and O–H groups in total. The van der Waals surface area contributed by atoms with E-state index in [1.807, 2.05) is 12.1 Å². The number of nitrogens with two attached hydrogens (primary N) is 1. The first-order valence-corrected chi connectivity index (χ1v) is 8.26. The van der Waals surface area contributed by atoms with E-state index >= 15 is 0 Å². The minimum atomic E-state index is -3.09. The number of nitriles is 1. The summed E-state index contributed by atoms with van der Waals surface area (Å²) in [5, 5.41) is 12.3. The first kappa shape index (κ1) is 14.6. The molecule has 1 aromatic rings. The quantitative estimate of drug-likeness (QED) is 0.809. The third-order valence-corrected chi connectivity index (χ3v) is 4.77. The van der Waals surface area contributed by atoms with E-state index in [2.05, 4.69) is 5.32 Å². The van der Waals surface area contributed by atoms with Crippen LogP contribution in [0.2, 0.25) is 0 Å². The van der Waals surface area contributed by atoms with Crippen molar-refractivity contribution in [1.82, 2.24) is 4.31 Å². The SMILES string of the molecule is CS(=O)(=O)N1CCC(Nc2ccc(N)c(C#N)c2)CC1. The molecule has 1 aliphatic heterocycles. The van der Waals surface area contributed by atoms with Crippen molar-refractivity contribution >= 4 is 21.4 Å². The van der Waals surface area contributed by atoms with Crippen molar-refractivity contribution in [2.24, 2.45) is 0 Å². The van der Waals surface area contributed by atoms with Crippen LogP contribution in [0.25, 0.3) is 0 Å². The molecule has 0 atom stereocenters. The van der Waals surface area contributed by atoms with Crippen molar-refractivity contribution in [3.8, 4) is 6.07 Å². The lowest BCUT2D eigenvalue weighted by molar-refractivity contribution is 0.332. The molecule has 0 spiro atoms. The molecule has 20 heavy (non-hydrogen) atoms. The number of piperidine rings is 1. The molecule has 2 rings (SSSR count). The fraction of sp³-hybridized carbons (Fsp3) is 0.462. The summed E-state index contributed by atoms with van der Waals surface area (Å²) in [7, 11) is -3.09. The minimum absolute atomic E-state index is 0.211. The Hall–Kier alpha value is -1.78. The summed E-state index contributed by atoms with van der Waals surface area (Å²) in [6, 6.07) is 7.51. The molecule has 1 fully saturated rings. The van der Waals surface area contributed by atoms with Crippen molar-refractivity contribution in [3.63, 3.8) is 0 Å². The van der Waals surface area contributed by atoms with Gasteiger partial charge in [0.25, 0.3) is 0 Å². The van der Waals surface area contributed by atoms with Crippen LogP contribution in [0, 0.1) is 11.3 Å². The second kappa shape index (κ2) is 5.69. The molecule has 0 saturated carbocycles. The molecule has 7 heteroatoms. The standard InChI is InChI=1S/C13H18N4O2S/c1-20(18,19)17-6-4-11(5-7-17)16-12-2-3-13(15)10(8-12)9-14/h2-3,8,11,16H,4-7,15H2,1H3. The van der Waals surface area contributed by atoms with Crippen LogP contribution in [0.15, 0.2) is 18.2 Å². The number of hydrogen-bond donors (Lipinski definition) is 2. The number of anilines is 2. The van der Waals surface area contributed by atoms with Gasteiger partial charge in [0.2, 0.25) is 10.0 Å². The van der Waals surface area contributed by atoms with Crippen LogP contribution < -0.4 is 11.1 Å². The van der Waals surface area contributed by atoms with Gasteiger partial charge in [-0.25, -0.2) is 12.7 Å². The van der Waals surface area contributed by atoms with Crippen LogP contribution in [0.5, 0.6) is 0 Å². The summed E-state index contributed by atoms with van der Waals surface area (Å²) < 4.78 is 24.4. The highest BCUT2D eigenvalue weighted by Gasteiger charge is 2.24. The smallest absolute Gasteiger partial charge is 0.211 e. The van der Waals surface area contributed by atoms with Gasteiger partial charge in [-0.3, -0.25) is 0 Å². The topological polar surface area (TPSA) is 99.2 Å². The summed E-state index contributed by atoms with van der Waals surface area (Å²) in [6.07, 6.45) is 2.73. The number of hydrogen-bond acceptors (Lipinski definition) is 5. The normalized spacial score (nSPS) is 17.6. The average molecular weight is 294 g/mol. The third-order valence-electron chi connectivity index (χ3n) is 3.47. The third kappa shape index (κ3) is 3.40. The van der Waals surface area contributed by atoms with E-state index in [1.54, 1.807) is 12.1 Å². The van der Waals surface area contributed by atoms with Gasteiger partial charge in [0.15, 0.2) is 0 Å². The number of benzene rings is 1. The van der Waals surface area contributed by atoms with Crippen LogP contribution in [-0.2, 0) is 10.0 Å². The molecule has 108 valence electrons. The van der Waals surface area contributed by atoms with Crippen molar-refractivity contribution < 1.29 is 8.42 Å². The molecule has 0 amide bonds. The van der Waals surface area contributed by atoms with Gasteiger partial charge < -0.3 is 11.1 Å². The molecule has 0 unspecified atom stereocenters. The molecule has 1 aromatic carbocycles. The van der Waals surface area contributed by atoms with Gasteiger partial charge in [0, 0.05) is 30.5 Å². The predicted molar refractivity (Wildman–Crippen MR) is 78.6 cm³/mol. The van der Waals surface area contributed by atoms with Gasteiger partial charge in [-0.1, -0.05) is 0 Å². The Morgan fingerprint density at radius 3 is 2.60 bits per heavy atom. The van der Waals surface area contributed by atoms with Gasteiger partial charge in [-0.2, -0.15) is 5.26 Å². The zero-order valence-corrected chi connectivity index (χ0v) is 12.2. The van der Waals surface area contributed by atoms with E-state index in [-0.39, 0.29) is 6.04 Å². The highest BCUT2D eigenvalue weighted by Crippen LogP contribution is 2.21. The van der Waals surface area contributed by atoms with Crippen LogP contribution in [0.4, 0.5) is 11.4 Å². The van der Waals surface area contributed by atoms with Crippen molar-refractivity contribution in [2.45, 2.75) is 18.9 Å². The van der Waals surface area contributed by atoms with Crippen molar-refractivity contribution in [1.29, 1.82) is 5.26 Å². The number of sulfonamides is 1. The van der Waals surface area contributed by atoms with E-state index in [0.717, 1.165) is 18.5 Å². The Kier molecular flexibility index (Phi) is 4.16. The molecule has 6 nitrogen and oxygen atoms in total. The Morgan fingerprint density at radius 1 is 1.40 bits per heavy atom. The second-order valence-electron chi connectivity index (χ2n) is 4.99. The van der Waals surface area contributed by atoms with Gasteiger partial charge in [-0.15, -0.1) is 0 Å². The zero-order chi connectivity index (χ0) is 14.8. The van der Waals surface area contributed by atoms with Crippen LogP contribution in [-0.4, -0.2) is 38.1 Å². The molecular formula is C13H18N4O2S. The van der Waals surface area contributed by atoms with E-state index in [1.165, 1.54) is 10.6 Å². The summed E-state index contributed by atoms with van der Waals surface area (Å²) in [5.41, 5.74) is 7.43. The number of rotatable bonds is 3. The van der Waals surface area contributed by atoms with Gasteiger partial charge in [0.1, 0.15) is 6.07 Å². The number of nitrogen functional groups attached to an aromatic ring is 1. The highest BCUT2D eigenvalue weighted by molar-refractivity contribution is 7.88. The maximum absolute atomic E-state index is 11.4. The summed E-state index contributed by atoms with van der Waals surface area (Å²) in [5.74, 6) is 0. The maximum atomic E-state index is 11.4. The number of nitrogens with zero attached hydrogens (tertiary/aromatic N) is 2. The maximum Gasteiger partial charge on any atom is 0.211 e. The average Bonchev–Trinajstić information content (AvgIpc) is 2.40. The predicted octanol–water partition coefficient (Wildman–Crippen LogP) is 0.976. The minimum Gasteiger partial charge on any atom is -0.398 e. The molecule has 0 bridgehead atoms. The Morgan fingerprint density at radius 2 is 2.05 bits per heavy atom. The summed E-state index contributed by atoms with van der Waals surface area (Å²) in [6.45, 7) is 1.05. The molecule has 0 radical (unpaired) electrons. The number of nitrogens with one attached hydrogen (secondary N) is 1. The van der Waals surface area contributed by atoms with Crippen molar-refractivity contribution in [3.05, 3.63) is 23.8 Å². The van der Waals surface area contributed by atoms with E-state index in [0.29, 0.717) is 24.3 Å². The molecule has 0 aromatic heterocycles. The zero-order valence-electron chi connectivity index (χ0n) is 11.3. The lowest BCUT2D eigenvalue weighted by Gasteiger charge is -2.31. The Balaban J connectivity index is 1.98. The van der Waals surface area contributed by atoms with Gasteiger partial charge in [-0.05, 0) is 31.0 Å². The monoisotopic (exact) mass is 294 g/mol. The second-order valence-corrected chi connectivity index (χ2v) is 6.98. The lowest BCUT2D eigenvalue weighted by atomic mass is 10.1. The molecule has 1 saturated heterocycles. The Labute approximate surface area is 119 Å². The van der Waals surface area contributed by atoms with Crippen molar-refractivity contribution in [2.75, 3.05) is 30.4 Å². The largest absolute Gasteiger partial charge is 0.398 e. The molecule has 1 aliphatic rings. The summed E-state index contributed by atoms with van der Waals surface area (Å²) >= 11 is 0. The molecular weight excluding hydrogens is 276 g/mol. The van der Waals surface area contributed by atoms with E-state index in [4.69, 9.17) is 11.0 Å². The molecule has 0 aliphatic carbocycles. The first-order chi connectivity index (χ1) is 9.40. The van der Waals surface area contributed by atoms with Gasteiger partial charge >= 0.3 is 0 Å². The molecule has 1 heterocycles. The van der Waals surface area contributed by atoms with E-state index < -0.39 is 10.0 Å². The Bertz CT molecular complexity index is 628.